The molecule has 1 aromatic heterocycles. The number of nitrogens with zero attached hydrogens (tertiary/aromatic N) is 2. The van der Waals surface area contributed by atoms with Crippen LogP contribution in [-0.4, -0.2) is 23.0 Å². The zero-order chi connectivity index (χ0) is 18.4. The first-order valence-corrected chi connectivity index (χ1v) is 3.40. The standard InChI is InChI=1S/C9H15N3O/c1-4-12(5-2)9-10-7(3)6-8(13)11-9/h6H,4-5H2,1-3H3,(H,10,11,13)/i1D3,2D3,4D2,5D2. The van der Waals surface area contributed by atoms with Crippen LogP contribution in [0.3, 0.4) is 0 Å². The lowest BCUT2D eigenvalue weighted by Gasteiger charge is -2.18. The van der Waals surface area contributed by atoms with Crippen LogP contribution in [-0.2, 0) is 0 Å². The van der Waals surface area contributed by atoms with Gasteiger partial charge >= 0.3 is 0 Å². The second-order valence-corrected chi connectivity index (χ2v) is 2.27. The van der Waals surface area contributed by atoms with Crippen LogP contribution in [0.15, 0.2) is 10.9 Å². The van der Waals surface area contributed by atoms with Crippen molar-refractivity contribution in [2.24, 2.45) is 0 Å². The molecule has 13 heavy (non-hydrogen) atoms. The average Bonchev–Trinajstić information content (AvgIpc) is 2.22. The molecule has 0 fully saturated rings. The maximum atomic E-state index is 11.5. The van der Waals surface area contributed by atoms with Gasteiger partial charge in [-0.15, -0.1) is 0 Å². The molecule has 0 unspecified atom stereocenters. The zero-order valence-corrected chi connectivity index (χ0v) is 6.88. The highest BCUT2D eigenvalue weighted by atomic mass is 16.1. The van der Waals surface area contributed by atoms with Crippen molar-refractivity contribution >= 4 is 5.95 Å². The van der Waals surface area contributed by atoms with Gasteiger partial charge in [0.15, 0.2) is 0 Å². The smallest absolute Gasteiger partial charge is 0.252 e. The van der Waals surface area contributed by atoms with Gasteiger partial charge in [0.25, 0.3) is 5.56 Å². The zero-order valence-electron chi connectivity index (χ0n) is 16.9. The van der Waals surface area contributed by atoms with Crippen LogP contribution in [0.25, 0.3) is 0 Å². The topological polar surface area (TPSA) is 49.0 Å². The SMILES string of the molecule is [2H]C([2H])([2H])C([2H])([2H])N(c1nc(C)cc(=O)[nH]1)C([2H])([2H])C([2H])([2H])[2H]. The van der Waals surface area contributed by atoms with Gasteiger partial charge in [-0.05, 0) is 20.6 Å². The number of anilines is 1. The summed E-state index contributed by atoms with van der Waals surface area (Å²) < 4.78 is 74.4. The van der Waals surface area contributed by atoms with Crippen molar-refractivity contribution in [2.75, 3.05) is 17.9 Å². The molecular weight excluding hydrogens is 166 g/mol. The molecule has 0 saturated carbocycles. The van der Waals surface area contributed by atoms with Crippen LogP contribution in [0.5, 0.6) is 0 Å². The summed E-state index contributed by atoms with van der Waals surface area (Å²) in [6.45, 7) is -12.4. The Bertz CT molecular complexity index is 606. The minimum atomic E-state index is -3.45. The number of hydrogen-bond donors (Lipinski definition) is 1. The average molecular weight is 191 g/mol. The van der Waals surface area contributed by atoms with E-state index in [1.807, 2.05) is 4.98 Å². The van der Waals surface area contributed by atoms with E-state index in [1.165, 1.54) is 6.92 Å². The summed E-state index contributed by atoms with van der Waals surface area (Å²) in [5.74, 6) is -0.822. The van der Waals surface area contributed by atoms with Gasteiger partial charge in [0, 0.05) is 38.5 Å². The largest absolute Gasteiger partial charge is 0.343 e. The summed E-state index contributed by atoms with van der Waals surface area (Å²) in [6, 6.07) is 1.01. The molecule has 1 heterocycles. The fraction of sp³-hybridized carbons (Fsp3) is 0.556. The van der Waals surface area contributed by atoms with E-state index in [9.17, 15) is 4.79 Å². The molecule has 1 rings (SSSR count). The lowest BCUT2D eigenvalue weighted by molar-refractivity contribution is 0.811. The minimum Gasteiger partial charge on any atom is -0.343 e. The first-order valence-electron chi connectivity index (χ1n) is 8.40. The molecule has 0 aliphatic heterocycles. The predicted molar refractivity (Wildman–Crippen MR) is 53.2 cm³/mol. The third kappa shape index (κ3) is 2.31. The van der Waals surface area contributed by atoms with E-state index in [4.69, 9.17) is 13.7 Å². The molecule has 0 aliphatic carbocycles. The molecule has 1 N–H and O–H groups in total. The summed E-state index contributed by atoms with van der Waals surface area (Å²) >= 11 is 0. The summed E-state index contributed by atoms with van der Waals surface area (Å²) in [7, 11) is 0. The van der Waals surface area contributed by atoms with E-state index >= 15 is 0 Å². The summed E-state index contributed by atoms with van der Waals surface area (Å²) in [6.07, 6.45) is 0. The molecule has 0 atom stereocenters. The van der Waals surface area contributed by atoms with E-state index in [-0.39, 0.29) is 10.6 Å². The predicted octanol–water partition coefficient (Wildman–Crippen LogP) is 0.925. The summed E-state index contributed by atoms with van der Waals surface area (Å²) in [5, 5.41) is 0. The molecule has 0 amide bonds. The van der Waals surface area contributed by atoms with Crippen LogP contribution in [0.4, 0.5) is 5.95 Å². The van der Waals surface area contributed by atoms with Crippen LogP contribution in [0.2, 0.25) is 0 Å². The molecular formula is C9H15N3O. The van der Waals surface area contributed by atoms with E-state index < -0.39 is 38.2 Å². The van der Waals surface area contributed by atoms with Gasteiger partial charge < -0.3 is 4.90 Å². The summed E-state index contributed by atoms with van der Waals surface area (Å²) in [4.78, 5) is 17.0. The van der Waals surface area contributed by atoms with E-state index in [0.29, 0.717) is 0 Å². The Morgan fingerprint density at radius 3 is 2.92 bits per heavy atom. The maximum absolute atomic E-state index is 11.5. The van der Waals surface area contributed by atoms with Gasteiger partial charge in [-0.3, -0.25) is 9.78 Å². The van der Waals surface area contributed by atoms with Crippen molar-refractivity contribution in [3.05, 3.63) is 22.1 Å². The molecule has 0 aliphatic rings. The van der Waals surface area contributed by atoms with Crippen LogP contribution in [0, 0.1) is 6.92 Å². The number of H-pyrrole nitrogens is 1. The van der Waals surface area contributed by atoms with E-state index in [2.05, 4.69) is 4.98 Å². The highest BCUT2D eigenvalue weighted by Gasteiger charge is 2.04. The molecule has 1 aromatic rings. The molecule has 0 aromatic carbocycles. The van der Waals surface area contributed by atoms with Crippen LogP contribution >= 0.6 is 0 Å². The molecule has 4 nitrogen and oxygen atoms in total. The highest BCUT2D eigenvalue weighted by molar-refractivity contribution is 5.29. The lowest BCUT2D eigenvalue weighted by atomic mass is 10.4. The van der Waals surface area contributed by atoms with Crippen LogP contribution in [0.1, 0.15) is 33.1 Å². The number of aromatic amines is 1. The number of aromatic nitrogens is 2. The van der Waals surface area contributed by atoms with E-state index in [0.717, 1.165) is 6.07 Å². The monoisotopic (exact) mass is 191 g/mol. The van der Waals surface area contributed by atoms with Gasteiger partial charge in [0.05, 0.1) is 0 Å². The third-order valence-corrected chi connectivity index (χ3v) is 1.29. The Hall–Kier alpha value is -1.32. The normalized spacial score (nSPS) is 25.6. The van der Waals surface area contributed by atoms with Crippen molar-refractivity contribution < 1.29 is 13.7 Å². The second kappa shape index (κ2) is 4.07. The Labute approximate surface area is 91.7 Å². The number of aryl methyl sites for hydroxylation is 1. The first-order chi connectivity index (χ1) is 10.0. The van der Waals surface area contributed by atoms with Gasteiger partial charge in [0.1, 0.15) is 0 Å². The van der Waals surface area contributed by atoms with Gasteiger partial charge in [-0.2, -0.15) is 0 Å². The fourth-order valence-corrected chi connectivity index (χ4v) is 0.803. The van der Waals surface area contributed by atoms with Crippen LogP contribution < -0.4 is 10.5 Å². The Kier molecular flexibility index (Phi) is 0.887. The Balaban J connectivity index is 3.73. The first kappa shape index (κ1) is 2.83. The number of rotatable bonds is 3. The van der Waals surface area contributed by atoms with Gasteiger partial charge in [-0.25, -0.2) is 4.98 Å². The summed E-state index contributed by atoms with van der Waals surface area (Å²) in [5.41, 5.74) is -0.767. The lowest BCUT2D eigenvalue weighted by Crippen LogP contribution is -2.26. The van der Waals surface area contributed by atoms with E-state index in [1.54, 1.807) is 0 Å². The molecule has 0 saturated heterocycles. The highest BCUT2D eigenvalue weighted by Crippen LogP contribution is 2.03. The van der Waals surface area contributed by atoms with Crippen molar-refractivity contribution in [1.82, 2.24) is 9.97 Å². The molecule has 4 heteroatoms. The molecule has 72 valence electrons. The maximum Gasteiger partial charge on any atom is 0.252 e. The Morgan fingerprint density at radius 2 is 2.38 bits per heavy atom. The Morgan fingerprint density at radius 1 is 1.69 bits per heavy atom. The molecule has 0 spiro atoms. The molecule has 0 radical (unpaired) electrons. The van der Waals surface area contributed by atoms with Crippen molar-refractivity contribution in [1.29, 1.82) is 0 Å². The molecule has 0 bridgehead atoms. The quantitative estimate of drug-likeness (QED) is 0.773. The minimum absolute atomic E-state index is 0.0384. The second-order valence-electron chi connectivity index (χ2n) is 2.27. The fourth-order valence-electron chi connectivity index (χ4n) is 0.803. The van der Waals surface area contributed by atoms with Gasteiger partial charge in [-0.1, -0.05) is 0 Å². The van der Waals surface area contributed by atoms with Gasteiger partial charge in [0.2, 0.25) is 5.95 Å². The van der Waals surface area contributed by atoms with Crippen molar-refractivity contribution in [2.45, 2.75) is 20.6 Å². The third-order valence-electron chi connectivity index (χ3n) is 1.29. The number of nitrogens with one attached hydrogen (secondary N) is 1. The number of hydrogen-bond acceptors (Lipinski definition) is 3. The van der Waals surface area contributed by atoms with Crippen molar-refractivity contribution in [3.8, 4) is 0 Å². The van der Waals surface area contributed by atoms with Crippen molar-refractivity contribution in [3.63, 3.8) is 0 Å².